The van der Waals surface area contributed by atoms with Gasteiger partial charge in [-0.05, 0) is 11.1 Å². The molecular formula is C10H14BrO3P. The van der Waals surface area contributed by atoms with Gasteiger partial charge in [0, 0.05) is 19.5 Å². The SMILES string of the molecule is COP(=O)(Cc1ccc(CBr)cc1)OC. The van der Waals surface area contributed by atoms with E-state index in [0.717, 1.165) is 10.9 Å². The molecule has 0 saturated heterocycles. The molecule has 1 rings (SSSR count). The highest BCUT2D eigenvalue weighted by atomic mass is 79.9. The Balaban J connectivity index is 2.76. The second kappa shape index (κ2) is 5.80. The van der Waals surface area contributed by atoms with Crippen LogP contribution in [0, 0.1) is 0 Å². The van der Waals surface area contributed by atoms with Gasteiger partial charge in [0.2, 0.25) is 0 Å². The molecular weight excluding hydrogens is 279 g/mol. The first-order chi connectivity index (χ1) is 7.13. The van der Waals surface area contributed by atoms with Crippen LogP contribution in [0.1, 0.15) is 11.1 Å². The highest BCUT2D eigenvalue weighted by Crippen LogP contribution is 2.49. The third-order valence-electron chi connectivity index (χ3n) is 2.11. The zero-order valence-corrected chi connectivity index (χ0v) is 11.3. The van der Waals surface area contributed by atoms with Gasteiger partial charge >= 0.3 is 7.60 Å². The summed E-state index contributed by atoms with van der Waals surface area (Å²) in [5.41, 5.74) is 2.13. The van der Waals surface area contributed by atoms with Crippen molar-refractivity contribution < 1.29 is 13.6 Å². The lowest BCUT2D eigenvalue weighted by Gasteiger charge is -2.13. The topological polar surface area (TPSA) is 35.5 Å². The molecule has 0 atom stereocenters. The summed E-state index contributed by atoms with van der Waals surface area (Å²) in [5, 5.41) is 0.819. The van der Waals surface area contributed by atoms with E-state index in [2.05, 4.69) is 15.9 Å². The van der Waals surface area contributed by atoms with E-state index >= 15 is 0 Å². The maximum absolute atomic E-state index is 11.8. The third kappa shape index (κ3) is 3.72. The Kier molecular flexibility index (Phi) is 5.00. The van der Waals surface area contributed by atoms with Crippen LogP contribution in [0.4, 0.5) is 0 Å². The summed E-state index contributed by atoms with van der Waals surface area (Å²) in [4.78, 5) is 0. The normalized spacial score (nSPS) is 11.7. The highest BCUT2D eigenvalue weighted by molar-refractivity contribution is 9.08. The van der Waals surface area contributed by atoms with E-state index in [1.54, 1.807) is 0 Å². The number of hydrogen-bond acceptors (Lipinski definition) is 3. The zero-order chi connectivity index (χ0) is 11.3. The standard InChI is InChI=1S/C10H14BrO3P/c1-13-15(12,14-2)8-10-5-3-9(7-11)4-6-10/h3-6H,7-8H2,1-2H3. The van der Waals surface area contributed by atoms with Crippen LogP contribution in [0.5, 0.6) is 0 Å². The van der Waals surface area contributed by atoms with Crippen molar-refractivity contribution in [1.82, 2.24) is 0 Å². The van der Waals surface area contributed by atoms with Gasteiger partial charge in [-0.3, -0.25) is 4.57 Å². The largest absolute Gasteiger partial charge is 0.334 e. The van der Waals surface area contributed by atoms with E-state index < -0.39 is 7.60 Å². The molecule has 0 saturated carbocycles. The third-order valence-corrected chi connectivity index (χ3v) is 4.62. The van der Waals surface area contributed by atoms with Crippen LogP contribution in [0.2, 0.25) is 0 Å². The molecule has 0 N–H and O–H groups in total. The lowest BCUT2D eigenvalue weighted by atomic mass is 10.2. The van der Waals surface area contributed by atoms with Crippen molar-refractivity contribution in [2.45, 2.75) is 11.5 Å². The van der Waals surface area contributed by atoms with Gasteiger partial charge in [-0.15, -0.1) is 0 Å². The summed E-state index contributed by atoms with van der Waals surface area (Å²) in [7, 11) is -0.138. The van der Waals surface area contributed by atoms with Crippen LogP contribution in [0.25, 0.3) is 0 Å². The lowest BCUT2D eigenvalue weighted by molar-refractivity contribution is 0.275. The van der Waals surface area contributed by atoms with E-state index in [0.29, 0.717) is 6.16 Å². The Hall–Kier alpha value is -0.150. The molecule has 0 unspecified atom stereocenters. The second-order valence-corrected chi connectivity index (χ2v) is 5.91. The van der Waals surface area contributed by atoms with E-state index in [4.69, 9.17) is 9.05 Å². The van der Waals surface area contributed by atoms with E-state index in [1.807, 2.05) is 24.3 Å². The molecule has 0 aliphatic rings. The van der Waals surface area contributed by atoms with Gasteiger partial charge in [0.05, 0.1) is 6.16 Å². The predicted molar refractivity (Wildman–Crippen MR) is 64.4 cm³/mol. The monoisotopic (exact) mass is 292 g/mol. The summed E-state index contributed by atoms with van der Waals surface area (Å²) < 4.78 is 21.6. The fourth-order valence-electron chi connectivity index (χ4n) is 1.16. The first-order valence-corrected chi connectivity index (χ1v) is 7.33. The summed E-state index contributed by atoms with van der Waals surface area (Å²) in [6, 6.07) is 7.84. The van der Waals surface area contributed by atoms with Gasteiger partial charge in [-0.25, -0.2) is 0 Å². The molecule has 84 valence electrons. The minimum atomic E-state index is -2.94. The Bertz CT molecular complexity index is 342. The molecule has 0 fully saturated rings. The molecule has 0 spiro atoms. The van der Waals surface area contributed by atoms with Gasteiger partial charge in [0.25, 0.3) is 0 Å². The predicted octanol–water partition coefficient (Wildman–Crippen LogP) is 3.57. The minimum absolute atomic E-state index is 0.308. The quantitative estimate of drug-likeness (QED) is 0.615. The molecule has 15 heavy (non-hydrogen) atoms. The summed E-state index contributed by atoms with van der Waals surface area (Å²) in [5.74, 6) is 0. The Morgan fingerprint density at radius 3 is 2.00 bits per heavy atom. The van der Waals surface area contributed by atoms with Gasteiger partial charge in [-0.1, -0.05) is 40.2 Å². The number of benzene rings is 1. The number of halogens is 1. The molecule has 1 aromatic carbocycles. The van der Waals surface area contributed by atoms with Crippen LogP contribution in [-0.2, 0) is 25.1 Å². The molecule has 3 nitrogen and oxygen atoms in total. The van der Waals surface area contributed by atoms with Gasteiger partial charge in [0.15, 0.2) is 0 Å². The van der Waals surface area contributed by atoms with E-state index in [-0.39, 0.29) is 0 Å². The van der Waals surface area contributed by atoms with Crippen molar-refractivity contribution in [3.05, 3.63) is 35.4 Å². The van der Waals surface area contributed by atoms with E-state index in [1.165, 1.54) is 19.8 Å². The molecule has 1 aromatic rings. The van der Waals surface area contributed by atoms with Crippen molar-refractivity contribution in [2.75, 3.05) is 14.2 Å². The van der Waals surface area contributed by atoms with Crippen molar-refractivity contribution in [2.24, 2.45) is 0 Å². The van der Waals surface area contributed by atoms with Gasteiger partial charge < -0.3 is 9.05 Å². The van der Waals surface area contributed by atoms with Crippen LogP contribution in [0.3, 0.4) is 0 Å². The van der Waals surface area contributed by atoms with Crippen LogP contribution >= 0.6 is 23.5 Å². The van der Waals surface area contributed by atoms with Crippen LogP contribution in [0.15, 0.2) is 24.3 Å². The summed E-state index contributed by atoms with van der Waals surface area (Å²) in [6.45, 7) is 0. The first kappa shape index (κ1) is 12.9. The molecule has 0 radical (unpaired) electrons. The number of hydrogen-bond donors (Lipinski definition) is 0. The molecule has 0 heterocycles. The smallest absolute Gasteiger partial charge is 0.312 e. The van der Waals surface area contributed by atoms with Crippen LogP contribution < -0.4 is 0 Å². The Morgan fingerprint density at radius 2 is 1.60 bits per heavy atom. The van der Waals surface area contributed by atoms with Crippen molar-refractivity contribution in [3.8, 4) is 0 Å². The molecule has 0 aliphatic carbocycles. The van der Waals surface area contributed by atoms with Crippen molar-refractivity contribution in [1.29, 1.82) is 0 Å². The van der Waals surface area contributed by atoms with Gasteiger partial charge in [0.1, 0.15) is 0 Å². The van der Waals surface area contributed by atoms with Crippen LogP contribution in [-0.4, -0.2) is 14.2 Å². The lowest BCUT2D eigenvalue weighted by Crippen LogP contribution is -1.93. The zero-order valence-electron chi connectivity index (χ0n) is 8.77. The minimum Gasteiger partial charge on any atom is -0.312 e. The molecule has 0 bridgehead atoms. The average Bonchev–Trinajstić information content (AvgIpc) is 2.30. The summed E-state index contributed by atoms with van der Waals surface area (Å²) >= 11 is 3.37. The summed E-state index contributed by atoms with van der Waals surface area (Å²) in [6.07, 6.45) is 0.308. The first-order valence-electron chi connectivity index (χ1n) is 4.48. The number of rotatable bonds is 5. The highest BCUT2D eigenvalue weighted by Gasteiger charge is 2.21. The fourth-order valence-corrected chi connectivity index (χ4v) is 2.60. The molecule has 0 aliphatic heterocycles. The second-order valence-electron chi connectivity index (χ2n) is 3.08. The van der Waals surface area contributed by atoms with Crippen molar-refractivity contribution >= 4 is 23.5 Å². The Labute approximate surface area is 98.4 Å². The van der Waals surface area contributed by atoms with Gasteiger partial charge in [-0.2, -0.15) is 0 Å². The fraction of sp³-hybridized carbons (Fsp3) is 0.400. The molecule has 0 amide bonds. The molecule has 5 heteroatoms. The average molecular weight is 293 g/mol. The maximum atomic E-state index is 11.8. The Morgan fingerprint density at radius 1 is 1.13 bits per heavy atom. The van der Waals surface area contributed by atoms with E-state index in [9.17, 15) is 4.57 Å². The van der Waals surface area contributed by atoms with Crippen molar-refractivity contribution in [3.63, 3.8) is 0 Å². The number of alkyl halides is 1. The molecule has 0 aromatic heterocycles. The maximum Gasteiger partial charge on any atom is 0.334 e.